The van der Waals surface area contributed by atoms with Gasteiger partial charge in [0, 0.05) is 10.2 Å². The van der Waals surface area contributed by atoms with E-state index in [4.69, 9.17) is 0 Å². The Hall–Kier alpha value is -1.81. The molecule has 1 fully saturated rings. The van der Waals surface area contributed by atoms with Crippen LogP contribution in [-0.2, 0) is 5.54 Å². The molecule has 1 aliphatic rings. The van der Waals surface area contributed by atoms with Gasteiger partial charge in [-0.05, 0) is 49.1 Å². The lowest BCUT2D eigenvalue weighted by atomic mass is 9.72. The highest BCUT2D eigenvalue weighted by Gasteiger charge is 2.39. The summed E-state index contributed by atoms with van der Waals surface area (Å²) in [6, 6.07) is 17.6. The van der Waals surface area contributed by atoms with Crippen LogP contribution in [0.15, 0.2) is 59.1 Å². The van der Waals surface area contributed by atoms with Gasteiger partial charge in [-0.2, -0.15) is 0 Å². The van der Waals surface area contributed by atoms with E-state index in [1.165, 1.54) is 5.56 Å². The molecule has 2 amide bonds. The molecule has 1 saturated carbocycles. The van der Waals surface area contributed by atoms with Crippen LogP contribution in [0.1, 0.15) is 24.8 Å². The second-order valence-corrected chi connectivity index (χ2v) is 6.30. The predicted octanol–water partition coefficient (Wildman–Crippen LogP) is 4.65. The van der Waals surface area contributed by atoms with Crippen molar-refractivity contribution < 1.29 is 4.79 Å². The van der Waals surface area contributed by atoms with Crippen molar-refractivity contribution in [3.63, 3.8) is 0 Å². The number of carbonyl (C=O) groups excluding carboxylic acids is 1. The third-order valence-electron chi connectivity index (χ3n) is 3.99. The Morgan fingerprint density at radius 2 is 1.67 bits per heavy atom. The van der Waals surface area contributed by atoms with Crippen molar-refractivity contribution in [2.75, 3.05) is 5.32 Å². The molecule has 4 heteroatoms. The molecule has 0 bridgehead atoms. The summed E-state index contributed by atoms with van der Waals surface area (Å²) in [5, 5.41) is 6.04. The number of benzene rings is 2. The number of amides is 2. The van der Waals surface area contributed by atoms with Crippen LogP contribution in [0.5, 0.6) is 0 Å². The summed E-state index contributed by atoms with van der Waals surface area (Å²) >= 11 is 3.38. The molecule has 0 atom stereocenters. The summed E-state index contributed by atoms with van der Waals surface area (Å²) in [6.45, 7) is 0. The quantitative estimate of drug-likeness (QED) is 0.835. The van der Waals surface area contributed by atoms with Crippen molar-refractivity contribution in [1.29, 1.82) is 0 Å². The molecular formula is C17H17BrN2O. The molecule has 0 radical (unpaired) electrons. The largest absolute Gasteiger partial charge is 0.328 e. The van der Waals surface area contributed by atoms with Crippen molar-refractivity contribution in [3.8, 4) is 0 Å². The molecule has 3 nitrogen and oxygen atoms in total. The van der Waals surface area contributed by atoms with Gasteiger partial charge in [0.05, 0.1) is 5.54 Å². The SMILES string of the molecule is O=C(Nc1ccc(Br)cc1)NC1(c2ccccc2)CCC1. The summed E-state index contributed by atoms with van der Waals surface area (Å²) in [6.07, 6.45) is 3.13. The van der Waals surface area contributed by atoms with Gasteiger partial charge in [-0.3, -0.25) is 0 Å². The minimum Gasteiger partial charge on any atom is -0.328 e. The average Bonchev–Trinajstić information content (AvgIpc) is 2.46. The van der Waals surface area contributed by atoms with Crippen molar-refractivity contribution >= 4 is 27.6 Å². The van der Waals surface area contributed by atoms with Crippen molar-refractivity contribution in [2.45, 2.75) is 24.8 Å². The van der Waals surface area contributed by atoms with E-state index in [-0.39, 0.29) is 11.6 Å². The number of halogens is 1. The molecule has 0 spiro atoms. The smallest absolute Gasteiger partial charge is 0.319 e. The predicted molar refractivity (Wildman–Crippen MR) is 88.3 cm³/mol. The number of carbonyl (C=O) groups is 1. The Bertz CT molecular complexity index is 621. The zero-order chi connectivity index (χ0) is 14.7. The molecule has 0 unspecified atom stereocenters. The number of urea groups is 1. The van der Waals surface area contributed by atoms with Gasteiger partial charge >= 0.3 is 6.03 Å². The lowest BCUT2D eigenvalue weighted by Crippen LogP contribution is -2.52. The summed E-state index contributed by atoms with van der Waals surface area (Å²) in [5.74, 6) is 0. The van der Waals surface area contributed by atoms with Gasteiger partial charge in [-0.25, -0.2) is 4.79 Å². The molecule has 2 aromatic carbocycles. The lowest BCUT2D eigenvalue weighted by Gasteiger charge is -2.43. The topological polar surface area (TPSA) is 41.1 Å². The molecular weight excluding hydrogens is 328 g/mol. The Morgan fingerprint density at radius 1 is 1.00 bits per heavy atom. The van der Waals surface area contributed by atoms with Crippen LogP contribution < -0.4 is 10.6 Å². The molecule has 1 aliphatic carbocycles. The molecule has 108 valence electrons. The first kappa shape index (κ1) is 14.1. The first-order chi connectivity index (χ1) is 10.2. The first-order valence-electron chi connectivity index (χ1n) is 7.08. The van der Waals surface area contributed by atoms with E-state index in [2.05, 4.69) is 38.7 Å². The number of hydrogen-bond acceptors (Lipinski definition) is 1. The second kappa shape index (κ2) is 5.90. The Balaban J connectivity index is 1.70. The fourth-order valence-corrected chi connectivity index (χ4v) is 2.95. The van der Waals surface area contributed by atoms with E-state index in [0.717, 1.165) is 29.4 Å². The Kier molecular flexibility index (Phi) is 3.97. The van der Waals surface area contributed by atoms with Crippen LogP contribution >= 0.6 is 15.9 Å². The van der Waals surface area contributed by atoms with Crippen LogP contribution in [0.4, 0.5) is 10.5 Å². The normalized spacial score (nSPS) is 15.9. The zero-order valence-corrected chi connectivity index (χ0v) is 13.2. The van der Waals surface area contributed by atoms with Crippen molar-refractivity contribution in [3.05, 3.63) is 64.6 Å². The number of nitrogens with one attached hydrogen (secondary N) is 2. The molecule has 0 saturated heterocycles. The summed E-state index contributed by atoms with van der Waals surface area (Å²) < 4.78 is 0.994. The number of rotatable bonds is 3. The highest BCUT2D eigenvalue weighted by Crippen LogP contribution is 2.41. The third kappa shape index (κ3) is 3.10. The minimum atomic E-state index is -0.208. The van der Waals surface area contributed by atoms with Crippen molar-refractivity contribution in [1.82, 2.24) is 5.32 Å². The number of hydrogen-bond donors (Lipinski definition) is 2. The second-order valence-electron chi connectivity index (χ2n) is 5.39. The monoisotopic (exact) mass is 344 g/mol. The van der Waals surface area contributed by atoms with E-state index in [0.29, 0.717) is 0 Å². The minimum absolute atomic E-state index is 0.152. The van der Waals surface area contributed by atoms with E-state index in [1.807, 2.05) is 42.5 Å². The van der Waals surface area contributed by atoms with E-state index >= 15 is 0 Å². The average molecular weight is 345 g/mol. The fourth-order valence-electron chi connectivity index (χ4n) is 2.69. The van der Waals surface area contributed by atoms with Gasteiger partial charge in [-0.1, -0.05) is 46.3 Å². The Labute approximate surface area is 132 Å². The molecule has 2 aromatic rings. The van der Waals surface area contributed by atoms with Crippen LogP contribution in [0, 0.1) is 0 Å². The molecule has 21 heavy (non-hydrogen) atoms. The van der Waals surface area contributed by atoms with E-state index in [1.54, 1.807) is 0 Å². The van der Waals surface area contributed by atoms with Crippen molar-refractivity contribution in [2.24, 2.45) is 0 Å². The summed E-state index contributed by atoms with van der Waals surface area (Å²) in [5.41, 5.74) is 1.76. The summed E-state index contributed by atoms with van der Waals surface area (Å²) in [7, 11) is 0. The van der Waals surface area contributed by atoms with Crippen LogP contribution in [0.3, 0.4) is 0 Å². The third-order valence-corrected chi connectivity index (χ3v) is 4.52. The summed E-state index contributed by atoms with van der Waals surface area (Å²) in [4.78, 5) is 12.2. The van der Waals surface area contributed by atoms with Gasteiger partial charge in [0.15, 0.2) is 0 Å². The van der Waals surface area contributed by atoms with Gasteiger partial charge in [0.25, 0.3) is 0 Å². The number of anilines is 1. The van der Waals surface area contributed by atoms with E-state index < -0.39 is 0 Å². The van der Waals surface area contributed by atoms with E-state index in [9.17, 15) is 4.79 Å². The maximum Gasteiger partial charge on any atom is 0.319 e. The zero-order valence-electron chi connectivity index (χ0n) is 11.6. The molecule has 0 aliphatic heterocycles. The fraction of sp³-hybridized carbons (Fsp3) is 0.235. The maximum absolute atomic E-state index is 12.2. The molecule has 3 rings (SSSR count). The Morgan fingerprint density at radius 3 is 2.24 bits per heavy atom. The lowest BCUT2D eigenvalue weighted by molar-refractivity contribution is 0.185. The first-order valence-corrected chi connectivity index (χ1v) is 7.88. The highest BCUT2D eigenvalue weighted by molar-refractivity contribution is 9.10. The standard InChI is InChI=1S/C17H17BrN2O/c18-14-7-9-15(10-8-14)19-16(21)20-17(11-4-12-17)13-5-2-1-3-6-13/h1-3,5-10H,4,11-12H2,(H2,19,20,21). The van der Waals surface area contributed by atoms with Gasteiger partial charge in [-0.15, -0.1) is 0 Å². The molecule has 0 heterocycles. The van der Waals surface area contributed by atoms with Crippen LogP contribution in [0.2, 0.25) is 0 Å². The van der Waals surface area contributed by atoms with Gasteiger partial charge < -0.3 is 10.6 Å². The van der Waals surface area contributed by atoms with Gasteiger partial charge in [0.2, 0.25) is 0 Å². The van der Waals surface area contributed by atoms with Crippen LogP contribution in [0.25, 0.3) is 0 Å². The van der Waals surface area contributed by atoms with Gasteiger partial charge in [0.1, 0.15) is 0 Å². The molecule has 0 aromatic heterocycles. The molecule has 2 N–H and O–H groups in total. The maximum atomic E-state index is 12.2. The van der Waals surface area contributed by atoms with Crippen LogP contribution in [-0.4, -0.2) is 6.03 Å². The highest BCUT2D eigenvalue weighted by atomic mass is 79.9.